The van der Waals surface area contributed by atoms with Crippen molar-refractivity contribution >= 4 is 53.9 Å². The molecule has 0 N–H and O–H groups in total. The van der Waals surface area contributed by atoms with Crippen molar-refractivity contribution < 1.29 is 22.0 Å². The molecule has 0 saturated heterocycles. The van der Waals surface area contributed by atoms with E-state index in [1.807, 2.05) is 24.3 Å². The molecule has 0 bridgehead atoms. The van der Waals surface area contributed by atoms with Crippen LogP contribution in [-0.4, -0.2) is 6.18 Å². The minimum absolute atomic E-state index is 0.0415. The molecule has 0 saturated carbocycles. The van der Waals surface area contributed by atoms with Crippen LogP contribution >= 0.6 is 0 Å². The van der Waals surface area contributed by atoms with Crippen LogP contribution in [-0.2, 0) is 11.3 Å². The van der Waals surface area contributed by atoms with E-state index in [2.05, 4.69) is 93.6 Å². The Kier molecular flexibility index (Phi) is 6.24. The molecule has 8 aromatic rings. The summed E-state index contributed by atoms with van der Waals surface area (Å²) in [5.74, 6) is -4.95. The van der Waals surface area contributed by atoms with Crippen LogP contribution in [0.25, 0.3) is 76.1 Å². The fraction of sp³-hybridized carbons (Fsp3) is 0.143. The van der Waals surface area contributed by atoms with E-state index in [1.54, 1.807) is 12.1 Å². The zero-order chi connectivity index (χ0) is 32.9. The minimum atomic E-state index is -5.68. The van der Waals surface area contributed by atoms with Crippen molar-refractivity contribution in [1.82, 2.24) is 0 Å². The lowest BCUT2D eigenvalue weighted by atomic mass is 9.83. The number of benzene rings is 8. The average Bonchev–Trinajstić information content (AvgIpc) is 3.04. The summed E-state index contributed by atoms with van der Waals surface area (Å²) in [6, 6.07) is 38.7. The molecule has 0 amide bonds. The molecule has 0 radical (unpaired) electrons. The lowest BCUT2D eigenvalue weighted by Gasteiger charge is -2.22. The highest BCUT2D eigenvalue weighted by atomic mass is 19.4. The Morgan fingerprint density at radius 3 is 1.17 bits per heavy atom. The third kappa shape index (κ3) is 4.47. The Morgan fingerprint density at radius 1 is 0.404 bits per heavy atom. The number of fused-ring (bicyclic) bond motifs is 2. The summed E-state index contributed by atoms with van der Waals surface area (Å²) in [5, 5.41) is 8.48. The van der Waals surface area contributed by atoms with Gasteiger partial charge in [0.05, 0.1) is 0 Å². The van der Waals surface area contributed by atoms with E-state index >= 15 is 0 Å². The molecule has 0 aliphatic heterocycles. The lowest BCUT2D eigenvalue weighted by molar-refractivity contribution is -0.289. The second-order valence-electron chi connectivity index (χ2n) is 13.5. The fourth-order valence-corrected chi connectivity index (χ4v) is 7.21. The quantitative estimate of drug-likeness (QED) is 0.104. The number of hydrogen-bond donors (Lipinski definition) is 0. The molecule has 0 atom stereocenters. The highest BCUT2D eigenvalue weighted by molar-refractivity contribution is 6.26. The van der Waals surface area contributed by atoms with E-state index in [0.29, 0.717) is 16.2 Å². The fourth-order valence-electron chi connectivity index (χ4n) is 7.21. The van der Waals surface area contributed by atoms with Gasteiger partial charge in [-0.2, -0.15) is 22.0 Å². The zero-order valence-corrected chi connectivity index (χ0v) is 25.9. The molecule has 0 spiro atoms. The first kappa shape index (κ1) is 29.4. The van der Waals surface area contributed by atoms with E-state index in [9.17, 15) is 22.0 Å². The number of hydrogen-bond acceptors (Lipinski definition) is 0. The molecule has 8 rings (SSSR count). The monoisotopic (exact) mass is 628 g/mol. The standard InChI is InChI=1S/C42H29F5/c1-40(2,3)30-18-16-24(17-19-30)38-32-8-4-6-10-34(32)39(35-11-7-5-9-33(35)38)29-20-25-12-14-27-22-31(41(43,44)42(45,46)47)23-28-15-13-26(21-29)36(25)37(27)28/h4-23H,1-3H3. The van der Waals surface area contributed by atoms with Crippen molar-refractivity contribution in [3.05, 3.63) is 132 Å². The molecule has 8 aromatic carbocycles. The second kappa shape index (κ2) is 9.98. The first-order valence-electron chi connectivity index (χ1n) is 15.6. The average molecular weight is 629 g/mol. The van der Waals surface area contributed by atoms with Gasteiger partial charge in [0.2, 0.25) is 0 Å². The third-order valence-corrected chi connectivity index (χ3v) is 9.51. The normalized spacial score (nSPS) is 13.1. The Morgan fingerprint density at radius 2 is 0.787 bits per heavy atom. The maximum absolute atomic E-state index is 14.4. The van der Waals surface area contributed by atoms with Crippen LogP contribution in [0.2, 0.25) is 0 Å². The van der Waals surface area contributed by atoms with E-state index in [4.69, 9.17) is 0 Å². The first-order valence-corrected chi connectivity index (χ1v) is 15.6. The molecular formula is C42H29F5. The largest absolute Gasteiger partial charge is 0.458 e. The van der Waals surface area contributed by atoms with Crippen molar-refractivity contribution in [2.45, 2.75) is 38.3 Å². The van der Waals surface area contributed by atoms with Gasteiger partial charge in [-0.3, -0.25) is 0 Å². The van der Waals surface area contributed by atoms with Crippen molar-refractivity contribution in [1.29, 1.82) is 0 Å². The van der Waals surface area contributed by atoms with Gasteiger partial charge < -0.3 is 0 Å². The summed E-state index contributed by atoms with van der Waals surface area (Å²) < 4.78 is 68.5. The van der Waals surface area contributed by atoms with Crippen LogP contribution in [0.15, 0.2) is 121 Å². The predicted molar refractivity (Wildman–Crippen MR) is 185 cm³/mol. The van der Waals surface area contributed by atoms with Crippen LogP contribution < -0.4 is 0 Å². The first-order chi connectivity index (χ1) is 22.3. The molecule has 232 valence electrons. The molecule has 0 aliphatic carbocycles. The topological polar surface area (TPSA) is 0 Å². The molecule has 47 heavy (non-hydrogen) atoms. The Hall–Kier alpha value is -5.03. The molecule has 5 heteroatoms. The lowest BCUT2D eigenvalue weighted by Crippen LogP contribution is -2.33. The highest BCUT2D eigenvalue weighted by Gasteiger charge is 2.58. The SMILES string of the molecule is CC(C)(C)c1ccc(-c2c3ccccc3c(-c3cc4ccc5cc(C(F)(F)C(F)(F)F)cc6ccc(c3)c4c56)c3ccccc23)cc1. The van der Waals surface area contributed by atoms with E-state index in [-0.39, 0.29) is 5.41 Å². The summed E-state index contributed by atoms with van der Waals surface area (Å²) in [6.07, 6.45) is -5.68. The third-order valence-electron chi connectivity index (χ3n) is 9.51. The molecule has 0 unspecified atom stereocenters. The maximum Gasteiger partial charge on any atom is 0.458 e. The van der Waals surface area contributed by atoms with Crippen molar-refractivity contribution in [3.8, 4) is 22.3 Å². The van der Waals surface area contributed by atoms with Crippen LogP contribution in [0.4, 0.5) is 22.0 Å². The van der Waals surface area contributed by atoms with Crippen molar-refractivity contribution in [2.24, 2.45) is 0 Å². The van der Waals surface area contributed by atoms with Gasteiger partial charge in [0, 0.05) is 5.56 Å². The van der Waals surface area contributed by atoms with Gasteiger partial charge in [0.15, 0.2) is 0 Å². The predicted octanol–water partition coefficient (Wildman–Crippen LogP) is 13.2. The minimum Gasteiger partial charge on any atom is -0.191 e. The molecular weight excluding hydrogens is 599 g/mol. The van der Waals surface area contributed by atoms with Crippen molar-refractivity contribution in [2.75, 3.05) is 0 Å². The molecule has 0 aliphatic rings. The highest BCUT2D eigenvalue weighted by Crippen LogP contribution is 2.48. The van der Waals surface area contributed by atoms with Crippen molar-refractivity contribution in [3.63, 3.8) is 0 Å². The van der Waals surface area contributed by atoms with Gasteiger partial charge in [0.25, 0.3) is 0 Å². The molecule has 0 aromatic heterocycles. The molecule has 0 heterocycles. The zero-order valence-electron chi connectivity index (χ0n) is 25.9. The van der Waals surface area contributed by atoms with Gasteiger partial charge in [-0.05, 0) is 111 Å². The number of alkyl halides is 5. The summed E-state index contributed by atoms with van der Waals surface area (Å²) in [7, 11) is 0. The molecule has 0 fully saturated rings. The number of halogens is 5. The molecule has 0 nitrogen and oxygen atoms in total. The van der Waals surface area contributed by atoms with Gasteiger partial charge in [-0.25, -0.2) is 0 Å². The van der Waals surface area contributed by atoms with Crippen LogP contribution in [0.5, 0.6) is 0 Å². The Bertz CT molecular complexity index is 2370. The van der Waals surface area contributed by atoms with Crippen LogP contribution in [0.3, 0.4) is 0 Å². The van der Waals surface area contributed by atoms with Gasteiger partial charge >= 0.3 is 12.1 Å². The summed E-state index contributed by atoms with van der Waals surface area (Å²) in [4.78, 5) is 0. The van der Waals surface area contributed by atoms with Crippen LogP contribution in [0, 0.1) is 0 Å². The summed E-state index contributed by atoms with van der Waals surface area (Å²) in [6.45, 7) is 6.63. The van der Waals surface area contributed by atoms with E-state index < -0.39 is 17.7 Å². The number of rotatable bonds is 3. The second-order valence-corrected chi connectivity index (χ2v) is 13.5. The summed E-state index contributed by atoms with van der Waals surface area (Å²) >= 11 is 0. The van der Waals surface area contributed by atoms with Gasteiger partial charge in [-0.15, -0.1) is 0 Å². The Balaban J connectivity index is 1.38. The van der Waals surface area contributed by atoms with Gasteiger partial charge in [-0.1, -0.05) is 118 Å². The Labute approximate surface area is 268 Å². The van der Waals surface area contributed by atoms with Crippen LogP contribution in [0.1, 0.15) is 31.9 Å². The smallest absolute Gasteiger partial charge is 0.191 e. The van der Waals surface area contributed by atoms with E-state index in [0.717, 1.165) is 66.5 Å². The summed E-state index contributed by atoms with van der Waals surface area (Å²) in [5.41, 5.74) is 4.66. The van der Waals surface area contributed by atoms with E-state index in [1.165, 1.54) is 11.1 Å². The van der Waals surface area contributed by atoms with Gasteiger partial charge in [0.1, 0.15) is 0 Å². The maximum atomic E-state index is 14.4.